The lowest BCUT2D eigenvalue weighted by Gasteiger charge is -2.14. The van der Waals surface area contributed by atoms with Crippen molar-refractivity contribution in [1.29, 1.82) is 0 Å². The molecule has 2 aromatic carbocycles. The Labute approximate surface area is 120 Å². The fourth-order valence-electron chi connectivity index (χ4n) is 1.85. The van der Waals surface area contributed by atoms with E-state index >= 15 is 0 Å². The zero-order chi connectivity index (χ0) is 14.6. The van der Waals surface area contributed by atoms with Crippen LogP contribution in [0.2, 0.25) is 0 Å². The summed E-state index contributed by atoms with van der Waals surface area (Å²) in [6, 6.07) is 16.3. The molecule has 2 aromatic rings. The highest BCUT2D eigenvalue weighted by Crippen LogP contribution is 2.37. The second kappa shape index (κ2) is 6.14. The molecule has 0 aliphatic rings. The topological polar surface area (TPSA) is 0 Å². The van der Waals surface area contributed by atoms with Gasteiger partial charge in [-0.25, -0.2) is 0 Å². The van der Waals surface area contributed by atoms with Crippen molar-refractivity contribution >= 4 is 17.2 Å². The van der Waals surface area contributed by atoms with Crippen molar-refractivity contribution in [3.8, 4) is 0 Å². The van der Waals surface area contributed by atoms with Gasteiger partial charge >= 0.3 is 6.18 Å². The van der Waals surface area contributed by atoms with Crippen molar-refractivity contribution in [2.75, 3.05) is 0 Å². The molecule has 0 saturated heterocycles. The van der Waals surface area contributed by atoms with Crippen LogP contribution in [0.3, 0.4) is 0 Å². The molecule has 104 valence electrons. The van der Waals surface area contributed by atoms with Crippen LogP contribution in [0.15, 0.2) is 66.7 Å². The number of rotatable bonds is 3. The molecule has 0 saturated carbocycles. The predicted octanol–water partition coefficient (Wildman–Crippen LogP) is 5.61. The van der Waals surface area contributed by atoms with Crippen LogP contribution in [0.1, 0.15) is 16.5 Å². The van der Waals surface area contributed by atoms with Crippen molar-refractivity contribution in [2.45, 2.75) is 11.6 Å². The zero-order valence-corrected chi connectivity index (χ0v) is 11.2. The highest BCUT2D eigenvalue weighted by Gasteiger charge is 2.35. The molecular formula is C16H12ClF3. The molecule has 0 bridgehead atoms. The molecule has 0 aliphatic heterocycles. The monoisotopic (exact) mass is 296 g/mol. The summed E-state index contributed by atoms with van der Waals surface area (Å²) in [6.07, 6.45) is -3.39. The first-order valence-electron chi connectivity index (χ1n) is 6.02. The van der Waals surface area contributed by atoms with Crippen LogP contribution in [-0.2, 0) is 0 Å². The lowest BCUT2D eigenvalue weighted by atomic mass is 10.0. The second-order valence-corrected chi connectivity index (χ2v) is 4.73. The Kier molecular flexibility index (Phi) is 4.50. The first-order chi connectivity index (χ1) is 9.48. The normalized spacial score (nSPS) is 14.1. The minimum Gasteiger partial charge on any atom is -0.166 e. The van der Waals surface area contributed by atoms with Crippen LogP contribution in [0.4, 0.5) is 13.2 Å². The third kappa shape index (κ3) is 3.64. The molecule has 0 aliphatic carbocycles. The third-order valence-corrected chi connectivity index (χ3v) is 3.20. The Morgan fingerprint density at radius 1 is 0.900 bits per heavy atom. The molecular weight excluding hydrogens is 285 g/mol. The van der Waals surface area contributed by atoms with Gasteiger partial charge in [0.1, 0.15) is 0 Å². The lowest BCUT2D eigenvalue weighted by Crippen LogP contribution is -2.11. The molecule has 1 unspecified atom stereocenters. The van der Waals surface area contributed by atoms with E-state index in [-0.39, 0.29) is 5.56 Å². The molecule has 4 heteroatoms. The molecule has 1 atom stereocenters. The minimum absolute atomic E-state index is 0.113. The Balaban J connectivity index is 2.40. The van der Waals surface area contributed by atoms with E-state index in [1.54, 1.807) is 48.5 Å². The third-order valence-electron chi connectivity index (χ3n) is 2.82. The number of hydrogen-bond donors (Lipinski definition) is 0. The molecule has 0 fully saturated rings. The number of alkyl halides is 4. The molecule has 0 spiro atoms. The maximum atomic E-state index is 13.2. The quantitative estimate of drug-likeness (QED) is 0.646. The van der Waals surface area contributed by atoms with Gasteiger partial charge in [0.05, 0.1) is 11.0 Å². The molecule has 0 nitrogen and oxygen atoms in total. The fourth-order valence-corrected chi connectivity index (χ4v) is 2.12. The van der Waals surface area contributed by atoms with Crippen molar-refractivity contribution in [1.82, 2.24) is 0 Å². The number of allylic oxidation sites excluding steroid dienone is 2. The van der Waals surface area contributed by atoms with Gasteiger partial charge in [0.25, 0.3) is 0 Å². The van der Waals surface area contributed by atoms with E-state index in [0.717, 1.165) is 6.08 Å². The van der Waals surface area contributed by atoms with Crippen LogP contribution in [-0.4, -0.2) is 6.18 Å². The maximum absolute atomic E-state index is 13.2. The summed E-state index contributed by atoms with van der Waals surface area (Å²) in [7, 11) is 0. The van der Waals surface area contributed by atoms with Gasteiger partial charge in [-0.1, -0.05) is 60.7 Å². The number of hydrogen-bond acceptors (Lipinski definition) is 0. The lowest BCUT2D eigenvalue weighted by molar-refractivity contribution is -0.0690. The summed E-state index contributed by atoms with van der Waals surface area (Å²) in [4.78, 5) is 0. The number of benzene rings is 2. The van der Waals surface area contributed by atoms with E-state index in [1.807, 2.05) is 0 Å². The number of halogens is 4. The summed E-state index contributed by atoms with van der Waals surface area (Å²) in [6.45, 7) is 0. The molecule has 0 radical (unpaired) electrons. The highest BCUT2D eigenvalue weighted by atomic mass is 35.5. The zero-order valence-electron chi connectivity index (χ0n) is 10.4. The Morgan fingerprint density at radius 2 is 1.40 bits per heavy atom. The smallest absolute Gasteiger partial charge is 0.166 e. The Hall–Kier alpha value is -1.74. The van der Waals surface area contributed by atoms with E-state index in [0.29, 0.717) is 5.56 Å². The van der Waals surface area contributed by atoms with E-state index in [9.17, 15) is 13.2 Å². The first-order valence-corrected chi connectivity index (χ1v) is 6.45. The summed E-state index contributed by atoms with van der Waals surface area (Å²) >= 11 is 6.08. The van der Waals surface area contributed by atoms with Crippen LogP contribution in [0.25, 0.3) is 5.57 Å². The van der Waals surface area contributed by atoms with Gasteiger partial charge < -0.3 is 0 Å². The molecule has 0 heterocycles. The Morgan fingerprint density at radius 3 is 1.90 bits per heavy atom. The van der Waals surface area contributed by atoms with Crippen molar-refractivity contribution in [3.05, 3.63) is 77.9 Å². The molecule has 2 rings (SSSR count). The van der Waals surface area contributed by atoms with Gasteiger partial charge in [-0.05, 0) is 17.2 Å². The summed E-state index contributed by atoms with van der Waals surface area (Å²) in [5.74, 6) is 0. The first kappa shape index (κ1) is 14.7. The molecule has 0 amide bonds. The van der Waals surface area contributed by atoms with Gasteiger partial charge in [-0.3, -0.25) is 0 Å². The molecule has 0 N–H and O–H groups in total. The standard InChI is InChI=1S/C16H12ClF3/c17-15(13-9-5-2-6-10-13)11-14(16(18,19)20)12-7-3-1-4-8-12/h1-11,15H/b14-11+. The van der Waals surface area contributed by atoms with Gasteiger partial charge in [0, 0.05) is 0 Å². The van der Waals surface area contributed by atoms with Crippen LogP contribution < -0.4 is 0 Å². The van der Waals surface area contributed by atoms with E-state index in [4.69, 9.17) is 11.6 Å². The Bertz CT molecular complexity index is 574. The van der Waals surface area contributed by atoms with Gasteiger partial charge in [0.2, 0.25) is 0 Å². The summed E-state index contributed by atoms with van der Waals surface area (Å²) in [5, 5.41) is -0.826. The predicted molar refractivity (Wildman–Crippen MR) is 75.5 cm³/mol. The largest absolute Gasteiger partial charge is 0.416 e. The average Bonchev–Trinajstić information content (AvgIpc) is 2.45. The average molecular weight is 297 g/mol. The van der Waals surface area contributed by atoms with Crippen LogP contribution >= 0.6 is 11.6 Å². The molecule has 20 heavy (non-hydrogen) atoms. The van der Waals surface area contributed by atoms with Gasteiger partial charge in [-0.15, -0.1) is 11.6 Å². The SMILES string of the molecule is FC(F)(F)/C(=C/C(Cl)c1ccccc1)c1ccccc1. The van der Waals surface area contributed by atoms with E-state index < -0.39 is 17.1 Å². The van der Waals surface area contributed by atoms with Crippen LogP contribution in [0, 0.1) is 0 Å². The van der Waals surface area contributed by atoms with Gasteiger partial charge in [0.15, 0.2) is 0 Å². The highest BCUT2D eigenvalue weighted by molar-refractivity contribution is 6.22. The molecule has 0 aromatic heterocycles. The summed E-state index contributed by atoms with van der Waals surface area (Å²) < 4.78 is 39.5. The van der Waals surface area contributed by atoms with Crippen molar-refractivity contribution in [3.63, 3.8) is 0 Å². The van der Waals surface area contributed by atoms with Gasteiger partial charge in [-0.2, -0.15) is 13.2 Å². The maximum Gasteiger partial charge on any atom is 0.416 e. The second-order valence-electron chi connectivity index (χ2n) is 4.26. The van der Waals surface area contributed by atoms with Crippen LogP contribution in [0.5, 0.6) is 0 Å². The van der Waals surface area contributed by atoms with E-state index in [2.05, 4.69) is 0 Å². The minimum atomic E-state index is -4.44. The fraction of sp³-hybridized carbons (Fsp3) is 0.125. The van der Waals surface area contributed by atoms with E-state index in [1.165, 1.54) is 12.1 Å². The summed E-state index contributed by atoms with van der Waals surface area (Å²) in [5.41, 5.74) is 0.0235. The van der Waals surface area contributed by atoms with Crippen molar-refractivity contribution in [2.24, 2.45) is 0 Å². The van der Waals surface area contributed by atoms with Crippen molar-refractivity contribution < 1.29 is 13.2 Å².